The third-order valence-corrected chi connectivity index (χ3v) is 4.72. The summed E-state index contributed by atoms with van der Waals surface area (Å²) in [5, 5.41) is 8.21. The van der Waals surface area contributed by atoms with Gasteiger partial charge < -0.3 is 5.73 Å². The molecule has 1 aromatic carbocycles. The molecule has 0 amide bonds. The highest BCUT2D eigenvalue weighted by Gasteiger charge is 2.22. The first-order chi connectivity index (χ1) is 10.3. The molecule has 0 bridgehead atoms. The van der Waals surface area contributed by atoms with Gasteiger partial charge in [-0.3, -0.25) is 5.10 Å². The maximum atomic E-state index is 6.11. The van der Waals surface area contributed by atoms with Crippen molar-refractivity contribution < 1.29 is 0 Å². The molecule has 3 nitrogen and oxygen atoms in total. The molecule has 1 saturated carbocycles. The Labute approximate surface area is 130 Å². The molecule has 2 aromatic rings. The van der Waals surface area contributed by atoms with Gasteiger partial charge in [0.1, 0.15) is 0 Å². The Hall–Kier alpha value is -1.48. The van der Waals surface area contributed by atoms with E-state index in [1.807, 2.05) is 24.3 Å². The van der Waals surface area contributed by atoms with Gasteiger partial charge in [0.05, 0.1) is 0 Å². The molecule has 1 aromatic heterocycles. The normalized spacial score (nSPS) is 17.4. The van der Waals surface area contributed by atoms with E-state index in [1.54, 1.807) is 0 Å². The highest BCUT2D eigenvalue weighted by atomic mass is 35.5. The monoisotopic (exact) mass is 303 g/mol. The number of hydrogen-bond acceptors (Lipinski definition) is 2. The Bertz CT molecular complexity index is 581. The van der Waals surface area contributed by atoms with Gasteiger partial charge >= 0.3 is 0 Å². The van der Waals surface area contributed by atoms with Crippen molar-refractivity contribution in [3.05, 3.63) is 35.0 Å². The predicted molar refractivity (Wildman–Crippen MR) is 88.5 cm³/mol. The van der Waals surface area contributed by atoms with Crippen LogP contribution in [0.15, 0.2) is 24.3 Å². The summed E-state index contributed by atoms with van der Waals surface area (Å²) in [6, 6.07) is 7.86. The molecule has 0 unspecified atom stereocenters. The molecule has 3 N–H and O–H groups in total. The Kier molecular flexibility index (Phi) is 4.49. The van der Waals surface area contributed by atoms with Crippen molar-refractivity contribution in [2.75, 3.05) is 5.73 Å². The van der Waals surface area contributed by atoms with Gasteiger partial charge in [0.25, 0.3) is 0 Å². The van der Waals surface area contributed by atoms with Gasteiger partial charge in [-0.2, -0.15) is 5.10 Å². The van der Waals surface area contributed by atoms with Crippen LogP contribution in [0.3, 0.4) is 0 Å². The Morgan fingerprint density at radius 3 is 2.29 bits per heavy atom. The maximum Gasteiger partial charge on any atom is 0.153 e. The summed E-state index contributed by atoms with van der Waals surface area (Å²) in [6.07, 6.45) is 9.10. The van der Waals surface area contributed by atoms with E-state index >= 15 is 0 Å². The second-order valence-electron chi connectivity index (χ2n) is 5.95. The number of rotatable bonds is 2. The van der Waals surface area contributed by atoms with Crippen molar-refractivity contribution in [3.8, 4) is 11.1 Å². The molecular weight excluding hydrogens is 282 g/mol. The van der Waals surface area contributed by atoms with Gasteiger partial charge in [-0.05, 0) is 30.5 Å². The van der Waals surface area contributed by atoms with E-state index in [2.05, 4.69) is 10.2 Å². The van der Waals surface area contributed by atoms with E-state index < -0.39 is 0 Å². The number of nitrogens with one attached hydrogen (secondary N) is 1. The summed E-state index contributed by atoms with van der Waals surface area (Å²) in [5.74, 6) is 1.13. The summed E-state index contributed by atoms with van der Waals surface area (Å²) in [7, 11) is 0. The molecule has 1 aliphatic carbocycles. The molecule has 1 aliphatic rings. The second-order valence-corrected chi connectivity index (χ2v) is 6.38. The second kappa shape index (κ2) is 6.52. The van der Waals surface area contributed by atoms with Crippen LogP contribution in [0, 0.1) is 0 Å². The van der Waals surface area contributed by atoms with E-state index in [9.17, 15) is 0 Å². The molecule has 0 aliphatic heterocycles. The number of anilines is 1. The van der Waals surface area contributed by atoms with E-state index in [1.165, 1.54) is 50.6 Å². The van der Waals surface area contributed by atoms with Crippen molar-refractivity contribution in [3.63, 3.8) is 0 Å². The molecule has 0 radical (unpaired) electrons. The Balaban J connectivity index is 1.93. The molecule has 4 heteroatoms. The molecular formula is C17H22ClN3. The fraction of sp³-hybridized carbons (Fsp3) is 0.471. The lowest BCUT2D eigenvalue weighted by molar-refractivity contribution is 0.449. The molecule has 21 heavy (non-hydrogen) atoms. The average Bonchev–Trinajstić information content (AvgIpc) is 2.81. The van der Waals surface area contributed by atoms with E-state index in [0.29, 0.717) is 11.7 Å². The van der Waals surface area contributed by atoms with Crippen LogP contribution in [0.25, 0.3) is 11.1 Å². The molecule has 0 atom stereocenters. The van der Waals surface area contributed by atoms with Crippen LogP contribution in [0.2, 0.25) is 5.02 Å². The molecule has 1 heterocycles. The van der Waals surface area contributed by atoms with Gasteiger partial charge in [0, 0.05) is 22.2 Å². The van der Waals surface area contributed by atoms with Crippen LogP contribution in [-0.2, 0) is 0 Å². The van der Waals surface area contributed by atoms with Gasteiger partial charge in [-0.1, -0.05) is 55.8 Å². The smallest absolute Gasteiger partial charge is 0.153 e. The minimum Gasteiger partial charge on any atom is -0.382 e. The fourth-order valence-corrected chi connectivity index (χ4v) is 3.46. The summed E-state index contributed by atoms with van der Waals surface area (Å²) < 4.78 is 0. The summed E-state index contributed by atoms with van der Waals surface area (Å²) in [4.78, 5) is 0. The van der Waals surface area contributed by atoms with Crippen molar-refractivity contribution in [1.82, 2.24) is 10.2 Å². The number of nitrogens with two attached hydrogens (primary N) is 1. The number of nitrogen functional groups attached to an aromatic ring is 1. The van der Waals surface area contributed by atoms with E-state index in [0.717, 1.165) is 16.1 Å². The van der Waals surface area contributed by atoms with Gasteiger partial charge in [-0.15, -0.1) is 0 Å². The zero-order valence-electron chi connectivity index (χ0n) is 12.2. The number of aromatic amines is 1. The van der Waals surface area contributed by atoms with Crippen LogP contribution < -0.4 is 5.73 Å². The SMILES string of the molecule is Nc1n[nH]c(C2CCCCCCC2)c1-c1ccc(Cl)cc1. The minimum atomic E-state index is 0.542. The zero-order valence-corrected chi connectivity index (χ0v) is 13.0. The predicted octanol–water partition coefficient (Wildman–Crippen LogP) is 5.14. The number of H-pyrrole nitrogens is 1. The highest BCUT2D eigenvalue weighted by molar-refractivity contribution is 6.30. The van der Waals surface area contributed by atoms with Crippen molar-refractivity contribution in [2.24, 2.45) is 0 Å². The van der Waals surface area contributed by atoms with Crippen LogP contribution in [0.4, 0.5) is 5.82 Å². The molecule has 1 fully saturated rings. The third-order valence-electron chi connectivity index (χ3n) is 4.47. The Morgan fingerprint density at radius 2 is 1.62 bits per heavy atom. The quantitative estimate of drug-likeness (QED) is 0.807. The zero-order chi connectivity index (χ0) is 14.7. The summed E-state index contributed by atoms with van der Waals surface area (Å²) >= 11 is 5.99. The lowest BCUT2D eigenvalue weighted by Crippen LogP contribution is -2.04. The van der Waals surface area contributed by atoms with Gasteiger partial charge in [0.15, 0.2) is 5.82 Å². The highest BCUT2D eigenvalue weighted by Crippen LogP contribution is 2.38. The molecule has 0 spiro atoms. The van der Waals surface area contributed by atoms with Crippen LogP contribution in [0.5, 0.6) is 0 Å². The maximum absolute atomic E-state index is 6.11. The molecule has 0 saturated heterocycles. The largest absolute Gasteiger partial charge is 0.382 e. The average molecular weight is 304 g/mol. The molecule has 3 rings (SSSR count). The number of aromatic nitrogens is 2. The number of halogens is 1. The topological polar surface area (TPSA) is 54.7 Å². The molecule has 112 valence electrons. The Morgan fingerprint density at radius 1 is 1.00 bits per heavy atom. The van der Waals surface area contributed by atoms with Gasteiger partial charge in [0.2, 0.25) is 0 Å². The van der Waals surface area contributed by atoms with Crippen molar-refractivity contribution >= 4 is 17.4 Å². The number of nitrogens with zero attached hydrogens (tertiary/aromatic N) is 1. The minimum absolute atomic E-state index is 0.542. The van der Waals surface area contributed by atoms with Crippen LogP contribution in [0.1, 0.15) is 56.6 Å². The first kappa shape index (κ1) is 14.5. The van der Waals surface area contributed by atoms with Crippen LogP contribution in [-0.4, -0.2) is 10.2 Å². The van der Waals surface area contributed by atoms with Crippen molar-refractivity contribution in [1.29, 1.82) is 0 Å². The summed E-state index contributed by atoms with van der Waals surface area (Å²) in [6.45, 7) is 0. The first-order valence-corrected chi connectivity index (χ1v) is 8.23. The van der Waals surface area contributed by atoms with Gasteiger partial charge in [-0.25, -0.2) is 0 Å². The third kappa shape index (κ3) is 3.24. The standard InChI is InChI=1S/C17H22ClN3/c18-14-10-8-12(9-11-14)15-16(20-21-17(15)19)13-6-4-2-1-3-5-7-13/h8-11,13H,1-7H2,(H3,19,20,21). The van der Waals surface area contributed by atoms with Crippen molar-refractivity contribution in [2.45, 2.75) is 50.9 Å². The lowest BCUT2D eigenvalue weighted by atomic mass is 9.86. The summed E-state index contributed by atoms with van der Waals surface area (Å²) in [5.41, 5.74) is 9.48. The first-order valence-electron chi connectivity index (χ1n) is 7.85. The fourth-order valence-electron chi connectivity index (χ4n) is 3.33. The number of benzene rings is 1. The lowest BCUT2D eigenvalue weighted by Gasteiger charge is -2.20. The van der Waals surface area contributed by atoms with Crippen LogP contribution >= 0.6 is 11.6 Å². The number of hydrogen-bond donors (Lipinski definition) is 2. The van der Waals surface area contributed by atoms with E-state index in [-0.39, 0.29) is 0 Å². The van der Waals surface area contributed by atoms with E-state index in [4.69, 9.17) is 17.3 Å².